The Balaban J connectivity index is 1.41. The first kappa shape index (κ1) is 17.9. The molecule has 3 aliphatic rings. The number of alkyl halides is 1. The van der Waals surface area contributed by atoms with Crippen LogP contribution in [0.5, 0.6) is 0 Å². The first-order chi connectivity index (χ1) is 10.9. The van der Waals surface area contributed by atoms with Crippen LogP contribution in [0.3, 0.4) is 0 Å². The summed E-state index contributed by atoms with van der Waals surface area (Å²) in [5, 5.41) is 0. The standard InChI is InChI=1S/C18H31IN2O2/c1-17(19)5-7-18(8-6-17)13-21(14-18)16(22)15-3-9-20(10-4-15)11-12-23-2/h15H,3-14H2,1-2H3. The van der Waals surface area contributed by atoms with E-state index in [1.165, 1.54) is 25.7 Å². The topological polar surface area (TPSA) is 32.8 Å². The summed E-state index contributed by atoms with van der Waals surface area (Å²) >= 11 is 2.62. The van der Waals surface area contributed by atoms with Crippen LogP contribution in [0.25, 0.3) is 0 Å². The number of likely N-dealkylation sites (tertiary alicyclic amines) is 2. The fraction of sp³-hybridized carbons (Fsp3) is 0.944. The number of hydrogen-bond donors (Lipinski definition) is 0. The molecule has 1 saturated carbocycles. The molecule has 132 valence electrons. The van der Waals surface area contributed by atoms with Crippen molar-refractivity contribution in [3.8, 4) is 0 Å². The van der Waals surface area contributed by atoms with Crippen LogP contribution in [-0.2, 0) is 9.53 Å². The Morgan fingerprint density at radius 1 is 1.17 bits per heavy atom. The number of ether oxygens (including phenoxy) is 1. The van der Waals surface area contributed by atoms with E-state index in [1.807, 2.05) is 0 Å². The quantitative estimate of drug-likeness (QED) is 0.504. The highest BCUT2D eigenvalue weighted by atomic mass is 127. The molecular formula is C18H31IN2O2. The third-order valence-corrected chi connectivity index (χ3v) is 7.34. The molecule has 5 heteroatoms. The van der Waals surface area contributed by atoms with Crippen molar-refractivity contribution in [2.45, 2.75) is 48.9 Å². The summed E-state index contributed by atoms with van der Waals surface area (Å²) in [6, 6.07) is 0. The van der Waals surface area contributed by atoms with Crippen molar-refractivity contribution in [2.24, 2.45) is 11.3 Å². The Kier molecular flexibility index (Phi) is 5.58. The second-order valence-electron chi connectivity index (χ2n) is 8.22. The van der Waals surface area contributed by atoms with Crippen LogP contribution >= 0.6 is 22.6 Å². The van der Waals surface area contributed by atoms with E-state index in [1.54, 1.807) is 7.11 Å². The molecule has 1 amide bonds. The molecule has 0 bridgehead atoms. The second-order valence-corrected chi connectivity index (χ2v) is 10.8. The minimum atomic E-state index is 0.268. The van der Waals surface area contributed by atoms with Crippen molar-refractivity contribution >= 4 is 28.5 Å². The lowest BCUT2D eigenvalue weighted by Gasteiger charge is -2.55. The maximum atomic E-state index is 12.7. The molecule has 0 aromatic carbocycles. The van der Waals surface area contributed by atoms with E-state index in [-0.39, 0.29) is 5.92 Å². The Morgan fingerprint density at radius 2 is 1.78 bits per heavy atom. The Hall–Kier alpha value is 0.120. The van der Waals surface area contributed by atoms with E-state index >= 15 is 0 Å². The van der Waals surface area contributed by atoms with Gasteiger partial charge in [-0.05, 0) is 51.6 Å². The monoisotopic (exact) mass is 434 g/mol. The molecule has 3 fully saturated rings. The maximum Gasteiger partial charge on any atom is 0.225 e. The van der Waals surface area contributed by atoms with Gasteiger partial charge in [-0.15, -0.1) is 0 Å². The molecule has 3 rings (SSSR count). The number of piperidine rings is 1. The van der Waals surface area contributed by atoms with Crippen LogP contribution in [0.2, 0.25) is 0 Å². The smallest absolute Gasteiger partial charge is 0.225 e. The first-order valence-electron chi connectivity index (χ1n) is 9.12. The molecule has 2 heterocycles. The van der Waals surface area contributed by atoms with Gasteiger partial charge in [-0.2, -0.15) is 0 Å². The van der Waals surface area contributed by atoms with E-state index in [0.717, 1.165) is 52.2 Å². The van der Waals surface area contributed by atoms with Gasteiger partial charge in [-0.1, -0.05) is 29.5 Å². The minimum absolute atomic E-state index is 0.268. The van der Waals surface area contributed by atoms with E-state index in [2.05, 4.69) is 39.3 Å². The van der Waals surface area contributed by atoms with Crippen molar-refractivity contribution in [2.75, 3.05) is 46.4 Å². The molecular weight excluding hydrogens is 403 g/mol. The zero-order valence-electron chi connectivity index (χ0n) is 14.7. The molecule has 0 atom stereocenters. The Bertz CT molecular complexity index is 415. The second kappa shape index (κ2) is 7.16. The fourth-order valence-electron chi connectivity index (χ4n) is 4.42. The van der Waals surface area contributed by atoms with Gasteiger partial charge < -0.3 is 14.5 Å². The van der Waals surface area contributed by atoms with Crippen molar-refractivity contribution in [3.63, 3.8) is 0 Å². The zero-order chi connectivity index (χ0) is 16.5. The van der Waals surface area contributed by atoms with Crippen LogP contribution in [0, 0.1) is 11.3 Å². The van der Waals surface area contributed by atoms with Gasteiger partial charge in [0, 0.05) is 41.5 Å². The number of carbonyl (C=O) groups is 1. The fourth-order valence-corrected chi connectivity index (χ4v) is 4.96. The highest BCUT2D eigenvalue weighted by Gasteiger charge is 2.49. The van der Waals surface area contributed by atoms with Gasteiger partial charge in [0.15, 0.2) is 0 Å². The van der Waals surface area contributed by atoms with Crippen molar-refractivity contribution < 1.29 is 9.53 Å². The molecule has 4 nitrogen and oxygen atoms in total. The normalized spacial score (nSPS) is 27.9. The molecule has 0 aromatic rings. The molecule has 0 aromatic heterocycles. The Labute approximate surface area is 154 Å². The zero-order valence-corrected chi connectivity index (χ0v) is 16.8. The predicted molar refractivity (Wildman–Crippen MR) is 101 cm³/mol. The lowest BCUT2D eigenvalue weighted by Crippen LogP contribution is -2.61. The summed E-state index contributed by atoms with van der Waals surface area (Å²) in [5.74, 6) is 0.703. The molecule has 0 radical (unpaired) electrons. The number of rotatable bonds is 4. The van der Waals surface area contributed by atoms with E-state index in [9.17, 15) is 4.79 Å². The molecule has 1 aliphatic carbocycles. The SMILES string of the molecule is COCCN1CCC(C(=O)N2CC3(CCC(C)(I)CC3)C2)CC1. The summed E-state index contributed by atoms with van der Waals surface area (Å²) in [6.07, 6.45) is 7.30. The summed E-state index contributed by atoms with van der Waals surface area (Å²) in [4.78, 5) is 17.3. The summed E-state index contributed by atoms with van der Waals surface area (Å²) < 4.78 is 5.63. The number of halogens is 1. The van der Waals surface area contributed by atoms with Gasteiger partial charge in [-0.25, -0.2) is 0 Å². The highest BCUT2D eigenvalue weighted by Crippen LogP contribution is 2.50. The summed E-state index contributed by atoms with van der Waals surface area (Å²) in [5.41, 5.74) is 0.472. The number of methoxy groups -OCH3 is 1. The van der Waals surface area contributed by atoms with Crippen molar-refractivity contribution in [1.82, 2.24) is 9.80 Å². The lowest BCUT2D eigenvalue weighted by atomic mass is 9.66. The Morgan fingerprint density at radius 3 is 2.35 bits per heavy atom. The van der Waals surface area contributed by atoms with Gasteiger partial charge in [0.2, 0.25) is 5.91 Å². The number of nitrogens with zero attached hydrogens (tertiary/aromatic N) is 2. The van der Waals surface area contributed by atoms with Gasteiger partial charge in [0.05, 0.1) is 6.61 Å². The largest absolute Gasteiger partial charge is 0.383 e. The van der Waals surface area contributed by atoms with E-state index in [4.69, 9.17) is 4.74 Å². The van der Waals surface area contributed by atoms with Crippen LogP contribution in [0.15, 0.2) is 0 Å². The summed E-state index contributed by atoms with van der Waals surface area (Å²) in [7, 11) is 1.75. The van der Waals surface area contributed by atoms with Gasteiger partial charge >= 0.3 is 0 Å². The van der Waals surface area contributed by atoms with Crippen LogP contribution in [0.4, 0.5) is 0 Å². The molecule has 2 aliphatic heterocycles. The number of amides is 1. The lowest BCUT2D eigenvalue weighted by molar-refractivity contribution is -0.152. The predicted octanol–water partition coefficient (Wildman–Crippen LogP) is 2.94. The van der Waals surface area contributed by atoms with Gasteiger partial charge in [0.1, 0.15) is 0 Å². The molecule has 2 saturated heterocycles. The molecule has 23 heavy (non-hydrogen) atoms. The number of hydrogen-bond acceptors (Lipinski definition) is 3. The van der Waals surface area contributed by atoms with Crippen LogP contribution < -0.4 is 0 Å². The van der Waals surface area contributed by atoms with E-state index < -0.39 is 0 Å². The molecule has 0 N–H and O–H groups in total. The van der Waals surface area contributed by atoms with Gasteiger partial charge in [-0.3, -0.25) is 4.79 Å². The van der Waals surface area contributed by atoms with Crippen molar-refractivity contribution in [3.05, 3.63) is 0 Å². The summed E-state index contributed by atoms with van der Waals surface area (Å²) in [6.45, 7) is 8.32. The van der Waals surface area contributed by atoms with Crippen LogP contribution in [0.1, 0.15) is 45.4 Å². The first-order valence-corrected chi connectivity index (χ1v) is 10.2. The minimum Gasteiger partial charge on any atom is -0.383 e. The van der Waals surface area contributed by atoms with Crippen LogP contribution in [-0.4, -0.2) is 65.6 Å². The highest BCUT2D eigenvalue weighted by molar-refractivity contribution is 14.1. The van der Waals surface area contributed by atoms with E-state index in [0.29, 0.717) is 14.7 Å². The van der Waals surface area contributed by atoms with Gasteiger partial charge in [0.25, 0.3) is 0 Å². The average molecular weight is 434 g/mol. The van der Waals surface area contributed by atoms with Crippen molar-refractivity contribution in [1.29, 1.82) is 0 Å². The third kappa shape index (κ3) is 4.21. The number of carbonyl (C=O) groups excluding carboxylic acids is 1. The third-order valence-electron chi connectivity index (χ3n) is 6.27. The molecule has 0 unspecified atom stereocenters. The molecule has 1 spiro atoms. The average Bonchev–Trinajstić information content (AvgIpc) is 2.51. The maximum absolute atomic E-state index is 12.7.